The highest BCUT2D eigenvalue weighted by Gasteiger charge is 2.43. The molecule has 0 aromatic carbocycles. The lowest BCUT2D eigenvalue weighted by Gasteiger charge is -2.36. The minimum absolute atomic E-state index is 0.157. The Kier molecular flexibility index (Phi) is 4.61. The number of nitrogens with zero attached hydrogens (tertiary/aromatic N) is 2. The van der Waals surface area contributed by atoms with Crippen LogP contribution in [-0.4, -0.2) is 48.1 Å². The first kappa shape index (κ1) is 18.4. The quantitative estimate of drug-likeness (QED) is 0.845. The number of morpholine rings is 1. The summed E-state index contributed by atoms with van der Waals surface area (Å²) >= 11 is 0. The number of amides is 1. The van der Waals surface area contributed by atoms with E-state index in [1.165, 1.54) is 56.1 Å². The van der Waals surface area contributed by atoms with Gasteiger partial charge in [0.1, 0.15) is 5.82 Å². The fraction of sp³-hybridized carbons (Fsp3) is 0.739. The van der Waals surface area contributed by atoms with E-state index >= 15 is 0 Å². The highest BCUT2D eigenvalue weighted by atomic mass is 16.5. The number of rotatable bonds is 3. The third kappa shape index (κ3) is 3.22. The number of nitrogens with one attached hydrogen (secondary N) is 1. The molecule has 3 atom stereocenters. The smallest absolute Gasteiger partial charge is 0.255 e. The van der Waals surface area contributed by atoms with Crippen molar-refractivity contribution < 1.29 is 9.53 Å². The molecule has 2 bridgehead atoms. The summed E-state index contributed by atoms with van der Waals surface area (Å²) in [4.78, 5) is 20.0. The highest BCUT2D eigenvalue weighted by Crippen LogP contribution is 2.56. The normalized spacial score (nSPS) is 30.9. The molecule has 1 N–H and O–H groups in total. The Bertz CT molecular complexity index is 769. The van der Waals surface area contributed by atoms with Crippen molar-refractivity contribution in [3.05, 3.63) is 22.9 Å². The maximum Gasteiger partial charge on any atom is 0.255 e. The van der Waals surface area contributed by atoms with Crippen molar-refractivity contribution in [2.24, 2.45) is 5.41 Å². The summed E-state index contributed by atoms with van der Waals surface area (Å²) in [6.45, 7) is 7.43. The van der Waals surface area contributed by atoms with Crippen LogP contribution in [-0.2, 0) is 4.74 Å². The molecule has 3 aliphatic carbocycles. The number of hydrogen-bond acceptors (Lipinski definition) is 4. The van der Waals surface area contributed by atoms with Crippen molar-refractivity contribution in [3.8, 4) is 0 Å². The zero-order chi connectivity index (χ0) is 19.3. The minimum Gasteiger partial charge on any atom is -0.378 e. The Morgan fingerprint density at radius 3 is 2.68 bits per heavy atom. The summed E-state index contributed by atoms with van der Waals surface area (Å²) in [5.74, 6) is 2.36. The molecule has 3 unspecified atom stereocenters. The first-order valence-corrected chi connectivity index (χ1v) is 11.2. The molecule has 28 heavy (non-hydrogen) atoms. The van der Waals surface area contributed by atoms with Gasteiger partial charge in [-0.15, -0.1) is 0 Å². The van der Waals surface area contributed by atoms with Gasteiger partial charge in [0.05, 0.1) is 18.8 Å². The molecule has 2 heterocycles. The predicted octanol–water partition coefficient (Wildman–Crippen LogP) is 4.30. The monoisotopic (exact) mass is 383 g/mol. The second kappa shape index (κ2) is 7.01. The zero-order valence-corrected chi connectivity index (χ0v) is 17.3. The maximum absolute atomic E-state index is 13.2. The predicted molar refractivity (Wildman–Crippen MR) is 110 cm³/mol. The number of pyridine rings is 1. The number of ether oxygens (including phenoxy) is 1. The van der Waals surface area contributed by atoms with Gasteiger partial charge in [-0.2, -0.15) is 0 Å². The molecule has 2 saturated carbocycles. The van der Waals surface area contributed by atoms with Crippen LogP contribution in [0.3, 0.4) is 0 Å². The highest BCUT2D eigenvalue weighted by molar-refractivity contribution is 5.97. The molecule has 0 spiro atoms. The largest absolute Gasteiger partial charge is 0.378 e. The maximum atomic E-state index is 13.2. The molecule has 5 rings (SSSR count). The summed E-state index contributed by atoms with van der Waals surface area (Å²) in [6.07, 6.45) is 10.6. The number of aromatic nitrogens is 1. The number of fused-ring (bicyclic) bond motifs is 5. The summed E-state index contributed by atoms with van der Waals surface area (Å²) in [5, 5.41) is 3.81. The van der Waals surface area contributed by atoms with Crippen LogP contribution in [0.4, 0.5) is 5.82 Å². The van der Waals surface area contributed by atoms with Gasteiger partial charge in [-0.25, -0.2) is 4.98 Å². The summed E-state index contributed by atoms with van der Waals surface area (Å²) in [6, 6.07) is 0.500. The van der Waals surface area contributed by atoms with Crippen molar-refractivity contribution >= 4 is 11.7 Å². The second-order valence-electron chi connectivity index (χ2n) is 10.1. The standard InChI is InChI=1S/C23H33N3O2/c1-23(2)7-3-4-17(13-23)25-21-20-16-6-5-15(12-16)19(20)18(14-24-21)22(27)26-8-10-28-11-9-26/h14-17H,3-13H2,1-2H3,(H,24,25). The van der Waals surface area contributed by atoms with Gasteiger partial charge in [0.25, 0.3) is 5.91 Å². The fourth-order valence-corrected chi connectivity index (χ4v) is 6.14. The summed E-state index contributed by atoms with van der Waals surface area (Å²) in [5.41, 5.74) is 3.96. The third-order valence-corrected chi connectivity index (χ3v) is 7.48. The van der Waals surface area contributed by atoms with Gasteiger partial charge in [0.15, 0.2) is 0 Å². The molecule has 0 radical (unpaired) electrons. The van der Waals surface area contributed by atoms with E-state index in [9.17, 15) is 4.79 Å². The SMILES string of the molecule is CC1(C)CCCC(Nc2ncc(C(=O)N3CCOCC3)c3c2C2CCC3C2)C1. The van der Waals surface area contributed by atoms with Crippen molar-refractivity contribution in [2.45, 2.75) is 76.7 Å². The molecular formula is C23H33N3O2. The van der Waals surface area contributed by atoms with Gasteiger partial charge in [-0.3, -0.25) is 4.79 Å². The molecule has 1 aromatic rings. The average Bonchev–Trinajstić information content (AvgIpc) is 3.30. The Morgan fingerprint density at radius 1 is 1.18 bits per heavy atom. The molecule has 1 aliphatic heterocycles. The van der Waals surface area contributed by atoms with E-state index in [0.29, 0.717) is 49.6 Å². The van der Waals surface area contributed by atoms with E-state index in [4.69, 9.17) is 9.72 Å². The molecule has 152 valence electrons. The lowest BCUT2D eigenvalue weighted by Crippen LogP contribution is -2.41. The average molecular weight is 384 g/mol. The van der Waals surface area contributed by atoms with E-state index < -0.39 is 0 Å². The Labute approximate surface area is 168 Å². The second-order valence-corrected chi connectivity index (χ2v) is 10.1. The van der Waals surface area contributed by atoms with Gasteiger partial charge in [0.2, 0.25) is 0 Å². The first-order valence-electron chi connectivity index (χ1n) is 11.2. The van der Waals surface area contributed by atoms with Crippen molar-refractivity contribution in [1.29, 1.82) is 0 Å². The van der Waals surface area contributed by atoms with E-state index in [0.717, 1.165) is 11.4 Å². The van der Waals surface area contributed by atoms with Gasteiger partial charge in [-0.1, -0.05) is 20.3 Å². The molecular weight excluding hydrogens is 350 g/mol. The Morgan fingerprint density at radius 2 is 1.93 bits per heavy atom. The fourth-order valence-electron chi connectivity index (χ4n) is 6.14. The first-order chi connectivity index (χ1) is 13.5. The zero-order valence-electron chi connectivity index (χ0n) is 17.3. The molecule has 4 aliphatic rings. The van der Waals surface area contributed by atoms with Crippen molar-refractivity contribution in [3.63, 3.8) is 0 Å². The van der Waals surface area contributed by atoms with Crippen LogP contribution in [0.1, 0.15) is 92.1 Å². The Hall–Kier alpha value is -1.62. The van der Waals surface area contributed by atoms with Crippen LogP contribution in [0.25, 0.3) is 0 Å². The molecule has 1 amide bonds. The van der Waals surface area contributed by atoms with Crippen LogP contribution >= 0.6 is 0 Å². The molecule has 1 saturated heterocycles. The van der Waals surface area contributed by atoms with Gasteiger partial charge in [0, 0.05) is 30.9 Å². The number of carbonyl (C=O) groups is 1. The van der Waals surface area contributed by atoms with Gasteiger partial charge < -0.3 is 15.0 Å². The molecule has 5 heteroatoms. The van der Waals surface area contributed by atoms with Crippen LogP contribution in [0.2, 0.25) is 0 Å². The minimum atomic E-state index is 0.157. The third-order valence-electron chi connectivity index (χ3n) is 7.48. The van der Waals surface area contributed by atoms with Gasteiger partial charge in [-0.05, 0) is 61.3 Å². The lowest BCUT2D eigenvalue weighted by atomic mass is 9.75. The topological polar surface area (TPSA) is 54.5 Å². The Balaban J connectivity index is 1.45. The lowest BCUT2D eigenvalue weighted by molar-refractivity contribution is 0.0301. The number of anilines is 1. The van der Waals surface area contributed by atoms with Crippen molar-refractivity contribution in [2.75, 3.05) is 31.6 Å². The molecule has 3 fully saturated rings. The molecule has 5 nitrogen and oxygen atoms in total. The number of hydrogen-bond donors (Lipinski definition) is 1. The van der Waals surface area contributed by atoms with Crippen LogP contribution in [0, 0.1) is 5.41 Å². The summed E-state index contributed by atoms with van der Waals surface area (Å²) in [7, 11) is 0. The summed E-state index contributed by atoms with van der Waals surface area (Å²) < 4.78 is 5.43. The van der Waals surface area contributed by atoms with E-state index in [1.807, 2.05) is 11.1 Å². The van der Waals surface area contributed by atoms with E-state index in [1.54, 1.807) is 0 Å². The van der Waals surface area contributed by atoms with Crippen LogP contribution < -0.4 is 5.32 Å². The number of carbonyl (C=O) groups excluding carboxylic acids is 1. The van der Waals surface area contributed by atoms with E-state index in [-0.39, 0.29) is 5.91 Å². The van der Waals surface area contributed by atoms with Gasteiger partial charge >= 0.3 is 0 Å². The van der Waals surface area contributed by atoms with E-state index in [2.05, 4.69) is 19.2 Å². The van der Waals surface area contributed by atoms with Crippen molar-refractivity contribution in [1.82, 2.24) is 9.88 Å². The molecule has 1 aromatic heterocycles. The van der Waals surface area contributed by atoms with Crippen LogP contribution in [0.5, 0.6) is 0 Å². The van der Waals surface area contributed by atoms with Crippen LogP contribution in [0.15, 0.2) is 6.20 Å².